The molecule has 0 spiro atoms. The lowest BCUT2D eigenvalue weighted by atomic mass is 10.2. The third-order valence-electron chi connectivity index (χ3n) is 2.27. The lowest BCUT2D eigenvalue weighted by Crippen LogP contribution is -2.09. The zero-order valence-corrected chi connectivity index (χ0v) is 9.90. The van der Waals surface area contributed by atoms with Gasteiger partial charge in [0.15, 0.2) is 0 Å². The Kier molecular flexibility index (Phi) is 3.19. The summed E-state index contributed by atoms with van der Waals surface area (Å²) in [6.45, 7) is 3.76. The number of nitrogens with one attached hydrogen (secondary N) is 1. The summed E-state index contributed by atoms with van der Waals surface area (Å²) < 4.78 is 0. The van der Waals surface area contributed by atoms with Gasteiger partial charge in [-0.25, -0.2) is 4.98 Å². The van der Waals surface area contributed by atoms with Gasteiger partial charge in [-0.3, -0.25) is 4.79 Å². The number of hydrogen-bond donors (Lipinski definition) is 1. The summed E-state index contributed by atoms with van der Waals surface area (Å²) in [7, 11) is 0. The van der Waals surface area contributed by atoms with Crippen LogP contribution in [0.15, 0.2) is 48.0 Å². The fraction of sp³-hybridized carbons (Fsp3) is 0.143. The van der Waals surface area contributed by atoms with Crippen molar-refractivity contribution in [2.24, 2.45) is 0 Å². The number of benzene rings is 1. The van der Waals surface area contributed by atoms with Gasteiger partial charge in [-0.2, -0.15) is 0 Å². The number of para-hydroxylation sites is 1. The van der Waals surface area contributed by atoms with Gasteiger partial charge in [0.25, 0.3) is 0 Å². The first kappa shape index (κ1) is 11.3. The van der Waals surface area contributed by atoms with Gasteiger partial charge in [-0.1, -0.05) is 23.8 Å². The summed E-state index contributed by atoms with van der Waals surface area (Å²) in [5, 5.41) is 3.80. The molecule has 0 bridgehead atoms. The SMILES string of the molecule is CC(C)=CC(=O)Nc1ccc2ccccc2n1. The van der Waals surface area contributed by atoms with E-state index in [-0.39, 0.29) is 5.91 Å². The first-order valence-electron chi connectivity index (χ1n) is 5.47. The van der Waals surface area contributed by atoms with Crippen molar-refractivity contribution >= 4 is 22.6 Å². The van der Waals surface area contributed by atoms with E-state index < -0.39 is 0 Å². The van der Waals surface area contributed by atoms with Crippen molar-refractivity contribution in [1.29, 1.82) is 0 Å². The molecule has 0 radical (unpaired) electrons. The van der Waals surface area contributed by atoms with E-state index in [1.807, 2.05) is 44.2 Å². The molecule has 17 heavy (non-hydrogen) atoms. The van der Waals surface area contributed by atoms with Gasteiger partial charge in [-0.05, 0) is 32.0 Å². The average molecular weight is 226 g/mol. The molecule has 3 heteroatoms. The van der Waals surface area contributed by atoms with Gasteiger partial charge in [0.1, 0.15) is 5.82 Å². The van der Waals surface area contributed by atoms with Crippen LogP contribution in [-0.2, 0) is 4.79 Å². The van der Waals surface area contributed by atoms with Crippen molar-refractivity contribution in [3.8, 4) is 0 Å². The number of nitrogens with zero attached hydrogens (tertiary/aromatic N) is 1. The molecular weight excluding hydrogens is 212 g/mol. The monoisotopic (exact) mass is 226 g/mol. The molecule has 1 amide bonds. The number of amides is 1. The van der Waals surface area contributed by atoms with Crippen LogP contribution >= 0.6 is 0 Å². The predicted octanol–water partition coefficient (Wildman–Crippen LogP) is 3.14. The number of aromatic nitrogens is 1. The summed E-state index contributed by atoms with van der Waals surface area (Å²) in [6, 6.07) is 11.6. The molecule has 86 valence electrons. The Morgan fingerprint density at radius 2 is 1.94 bits per heavy atom. The van der Waals surface area contributed by atoms with E-state index in [9.17, 15) is 4.79 Å². The molecule has 1 heterocycles. The number of carbonyl (C=O) groups is 1. The standard InChI is InChI=1S/C14H14N2O/c1-10(2)9-14(17)16-13-8-7-11-5-3-4-6-12(11)15-13/h3-9H,1-2H3,(H,15,16,17). The lowest BCUT2D eigenvalue weighted by Gasteiger charge is -2.03. The Morgan fingerprint density at radius 3 is 2.71 bits per heavy atom. The zero-order valence-electron chi connectivity index (χ0n) is 9.90. The largest absolute Gasteiger partial charge is 0.307 e. The minimum Gasteiger partial charge on any atom is -0.307 e. The van der Waals surface area contributed by atoms with Gasteiger partial charge >= 0.3 is 0 Å². The van der Waals surface area contributed by atoms with E-state index in [2.05, 4.69) is 10.3 Å². The van der Waals surface area contributed by atoms with Gasteiger partial charge in [0.05, 0.1) is 5.52 Å². The second-order valence-corrected chi connectivity index (χ2v) is 4.10. The van der Waals surface area contributed by atoms with Crippen LogP contribution in [0.1, 0.15) is 13.8 Å². The summed E-state index contributed by atoms with van der Waals surface area (Å²) >= 11 is 0. The minimum absolute atomic E-state index is 0.146. The summed E-state index contributed by atoms with van der Waals surface area (Å²) in [5.74, 6) is 0.430. The topological polar surface area (TPSA) is 42.0 Å². The first-order valence-corrected chi connectivity index (χ1v) is 5.47. The number of fused-ring (bicyclic) bond motifs is 1. The highest BCUT2D eigenvalue weighted by molar-refractivity contribution is 5.99. The molecule has 2 aromatic rings. The summed E-state index contributed by atoms with van der Waals surface area (Å²) in [4.78, 5) is 15.9. The zero-order chi connectivity index (χ0) is 12.3. The fourth-order valence-corrected chi connectivity index (χ4v) is 1.56. The van der Waals surface area contributed by atoms with Crippen molar-refractivity contribution in [1.82, 2.24) is 4.98 Å². The first-order chi connectivity index (χ1) is 8.15. The third kappa shape index (κ3) is 2.91. The van der Waals surface area contributed by atoms with Crippen LogP contribution in [0, 0.1) is 0 Å². The number of rotatable bonds is 2. The van der Waals surface area contributed by atoms with Crippen molar-refractivity contribution in [3.05, 3.63) is 48.0 Å². The Morgan fingerprint density at radius 1 is 1.18 bits per heavy atom. The van der Waals surface area contributed by atoms with Gasteiger partial charge < -0.3 is 5.32 Å². The second-order valence-electron chi connectivity index (χ2n) is 4.10. The maximum atomic E-state index is 11.5. The van der Waals surface area contributed by atoms with E-state index in [0.29, 0.717) is 5.82 Å². The van der Waals surface area contributed by atoms with Gasteiger partial charge in [0.2, 0.25) is 5.91 Å². The van der Waals surface area contributed by atoms with Gasteiger partial charge in [-0.15, -0.1) is 0 Å². The molecule has 1 aromatic carbocycles. The van der Waals surface area contributed by atoms with Crippen molar-refractivity contribution < 1.29 is 4.79 Å². The molecule has 1 aromatic heterocycles. The van der Waals surface area contributed by atoms with E-state index in [0.717, 1.165) is 16.5 Å². The molecular formula is C14H14N2O. The lowest BCUT2D eigenvalue weighted by molar-refractivity contribution is -0.112. The van der Waals surface area contributed by atoms with Gasteiger partial charge in [0, 0.05) is 11.5 Å². The van der Waals surface area contributed by atoms with E-state index >= 15 is 0 Å². The Bertz CT molecular complexity index is 584. The number of pyridine rings is 1. The molecule has 0 fully saturated rings. The molecule has 0 saturated carbocycles. The predicted molar refractivity (Wildman–Crippen MR) is 69.8 cm³/mol. The fourth-order valence-electron chi connectivity index (χ4n) is 1.56. The van der Waals surface area contributed by atoms with Crippen LogP contribution < -0.4 is 5.32 Å². The van der Waals surface area contributed by atoms with Crippen LogP contribution in [0.3, 0.4) is 0 Å². The van der Waals surface area contributed by atoms with Crippen LogP contribution in [-0.4, -0.2) is 10.9 Å². The quantitative estimate of drug-likeness (QED) is 0.799. The number of hydrogen-bond acceptors (Lipinski definition) is 2. The van der Waals surface area contributed by atoms with E-state index in [1.165, 1.54) is 0 Å². The normalized spacial score (nSPS) is 10.0. The van der Waals surface area contributed by atoms with Crippen molar-refractivity contribution in [2.45, 2.75) is 13.8 Å². The average Bonchev–Trinajstić information content (AvgIpc) is 2.27. The summed E-state index contributed by atoms with van der Waals surface area (Å²) in [6.07, 6.45) is 1.55. The Labute approximate surface area is 100 Å². The highest BCUT2D eigenvalue weighted by Crippen LogP contribution is 2.14. The third-order valence-corrected chi connectivity index (χ3v) is 2.27. The van der Waals surface area contributed by atoms with Crippen LogP contribution in [0.4, 0.5) is 5.82 Å². The van der Waals surface area contributed by atoms with E-state index in [1.54, 1.807) is 12.1 Å². The minimum atomic E-state index is -0.146. The molecule has 0 aliphatic rings. The van der Waals surface area contributed by atoms with Crippen molar-refractivity contribution in [2.75, 3.05) is 5.32 Å². The summed E-state index contributed by atoms with van der Waals surface area (Å²) in [5.41, 5.74) is 1.84. The van der Waals surface area contributed by atoms with Crippen molar-refractivity contribution in [3.63, 3.8) is 0 Å². The van der Waals surface area contributed by atoms with Crippen LogP contribution in [0.5, 0.6) is 0 Å². The molecule has 0 aliphatic carbocycles. The smallest absolute Gasteiger partial charge is 0.249 e. The van der Waals surface area contributed by atoms with Crippen LogP contribution in [0.2, 0.25) is 0 Å². The molecule has 0 atom stereocenters. The second kappa shape index (κ2) is 4.78. The number of carbonyl (C=O) groups excluding carboxylic acids is 1. The number of anilines is 1. The molecule has 0 unspecified atom stereocenters. The Hall–Kier alpha value is -2.16. The number of allylic oxidation sites excluding steroid dienone is 1. The Balaban J connectivity index is 2.25. The molecule has 0 saturated heterocycles. The highest BCUT2D eigenvalue weighted by Gasteiger charge is 2.01. The maximum absolute atomic E-state index is 11.5. The maximum Gasteiger partial charge on any atom is 0.249 e. The van der Waals surface area contributed by atoms with E-state index in [4.69, 9.17) is 0 Å². The highest BCUT2D eigenvalue weighted by atomic mass is 16.1. The molecule has 0 aliphatic heterocycles. The molecule has 3 nitrogen and oxygen atoms in total. The molecule has 2 rings (SSSR count). The molecule has 1 N–H and O–H groups in total. The van der Waals surface area contributed by atoms with Crippen LogP contribution in [0.25, 0.3) is 10.9 Å².